The fraction of sp³-hybridized carbons (Fsp3) is 0.125. The Morgan fingerprint density at radius 2 is 2.12 bits per heavy atom. The van der Waals surface area contributed by atoms with Gasteiger partial charge in [0.25, 0.3) is 0 Å². The lowest BCUT2D eigenvalue weighted by Crippen LogP contribution is -2.14. The molecule has 0 aliphatic rings. The maximum Gasteiger partial charge on any atom is 0.413 e. The predicted molar refractivity (Wildman–Crippen MR) is 88.0 cm³/mol. The van der Waals surface area contributed by atoms with Gasteiger partial charge in [0, 0.05) is 6.07 Å². The van der Waals surface area contributed by atoms with Gasteiger partial charge in [-0.3, -0.25) is 5.32 Å². The van der Waals surface area contributed by atoms with Crippen LogP contribution in [0.4, 0.5) is 10.7 Å². The highest BCUT2D eigenvalue weighted by molar-refractivity contribution is 5.91. The van der Waals surface area contributed by atoms with Crippen LogP contribution in [0.25, 0.3) is 11.2 Å². The molecule has 0 atom stereocenters. The fourth-order valence-electron chi connectivity index (χ4n) is 2.11. The van der Waals surface area contributed by atoms with Crippen molar-refractivity contribution in [2.45, 2.75) is 6.92 Å². The number of carbonyl (C=O) groups excluding carboxylic acids is 1. The number of aromatic amines is 1. The van der Waals surface area contributed by atoms with Crippen LogP contribution in [0.5, 0.6) is 11.5 Å². The zero-order valence-electron chi connectivity index (χ0n) is 13.1. The summed E-state index contributed by atoms with van der Waals surface area (Å²) >= 11 is 0. The number of carboxylic acid groups (broad SMARTS) is 1. The zero-order chi connectivity index (χ0) is 17.8. The van der Waals surface area contributed by atoms with Crippen molar-refractivity contribution in [1.82, 2.24) is 15.0 Å². The molecule has 0 spiro atoms. The van der Waals surface area contributed by atoms with E-state index in [1.54, 1.807) is 31.2 Å². The van der Waals surface area contributed by atoms with E-state index in [1.807, 2.05) is 0 Å². The number of pyridine rings is 1. The molecule has 3 rings (SSSR count). The molecule has 0 radical (unpaired) electrons. The molecule has 3 aromatic rings. The summed E-state index contributed by atoms with van der Waals surface area (Å²) in [6.45, 7) is 1.93. The Bertz CT molecular complexity index is 937. The number of hydrogen-bond acceptors (Lipinski definition) is 6. The number of nitrogens with one attached hydrogen (secondary N) is 2. The van der Waals surface area contributed by atoms with Gasteiger partial charge in [-0.15, -0.1) is 0 Å². The number of imidazole rings is 1. The number of carboxylic acids is 1. The number of anilines is 1. The monoisotopic (exact) mass is 342 g/mol. The SMILES string of the molecule is CCOC(=O)Nc1nc2cc(Oc3ccccc3C(=O)O)cnc2[nH]1. The number of carbonyl (C=O) groups is 2. The first-order chi connectivity index (χ1) is 12.1. The van der Waals surface area contributed by atoms with E-state index < -0.39 is 12.1 Å². The van der Waals surface area contributed by atoms with E-state index in [4.69, 9.17) is 9.47 Å². The third-order valence-electron chi connectivity index (χ3n) is 3.15. The summed E-state index contributed by atoms with van der Waals surface area (Å²) in [4.78, 5) is 33.8. The van der Waals surface area contributed by atoms with Crippen molar-refractivity contribution in [1.29, 1.82) is 0 Å². The fourth-order valence-corrected chi connectivity index (χ4v) is 2.11. The van der Waals surface area contributed by atoms with Crippen LogP contribution >= 0.6 is 0 Å². The molecule has 1 amide bonds. The average Bonchev–Trinajstić information content (AvgIpc) is 2.96. The van der Waals surface area contributed by atoms with Crippen LogP contribution in [0.3, 0.4) is 0 Å². The van der Waals surface area contributed by atoms with Gasteiger partial charge in [0.1, 0.15) is 22.6 Å². The molecule has 25 heavy (non-hydrogen) atoms. The lowest BCUT2D eigenvalue weighted by Gasteiger charge is -2.07. The third-order valence-corrected chi connectivity index (χ3v) is 3.15. The lowest BCUT2D eigenvalue weighted by atomic mass is 10.2. The van der Waals surface area contributed by atoms with Crippen LogP contribution in [0, 0.1) is 0 Å². The minimum atomic E-state index is -1.09. The third kappa shape index (κ3) is 3.66. The van der Waals surface area contributed by atoms with Crippen molar-refractivity contribution in [3.8, 4) is 11.5 Å². The van der Waals surface area contributed by atoms with Crippen molar-refractivity contribution >= 4 is 29.2 Å². The van der Waals surface area contributed by atoms with Crippen molar-refractivity contribution in [3.63, 3.8) is 0 Å². The lowest BCUT2D eigenvalue weighted by molar-refractivity contribution is 0.0694. The quantitative estimate of drug-likeness (QED) is 0.650. The molecule has 0 aliphatic heterocycles. The van der Waals surface area contributed by atoms with Crippen molar-refractivity contribution in [2.24, 2.45) is 0 Å². The van der Waals surface area contributed by atoms with Crippen LogP contribution in [0.15, 0.2) is 36.5 Å². The number of rotatable bonds is 5. The van der Waals surface area contributed by atoms with E-state index in [2.05, 4.69) is 20.3 Å². The summed E-state index contributed by atoms with van der Waals surface area (Å²) in [5, 5.41) is 11.6. The van der Waals surface area contributed by atoms with Crippen LogP contribution in [-0.2, 0) is 4.74 Å². The molecule has 3 N–H and O–H groups in total. The van der Waals surface area contributed by atoms with Gasteiger partial charge in [0.2, 0.25) is 5.95 Å². The Balaban J connectivity index is 1.84. The van der Waals surface area contributed by atoms with Crippen molar-refractivity contribution in [3.05, 3.63) is 42.1 Å². The number of aromatic carboxylic acids is 1. The molecule has 1 aromatic carbocycles. The first kappa shape index (κ1) is 16.2. The molecular formula is C16H14N4O5. The smallest absolute Gasteiger partial charge is 0.413 e. The molecule has 9 nitrogen and oxygen atoms in total. The minimum Gasteiger partial charge on any atom is -0.478 e. The summed E-state index contributed by atoms with van der Waals surface area (Å²) in [6, 6.07) is 7.85. The molecule has 9 heteroatoms. The van der Waals surface area contributed by atoms with Gasteiger partial charge in [0.05, 0.1) is 12.8 Å². The molecule has 0 unspecified atom stereocenters. The van der Waals surface area contributed by atoms with Gasteiger partial charge in [-0.25, -0.2) is 19.6 Å². The summed E-state index contributed by atoms with van der Waals surface area (Å²) in [7, 11) is 0. The number of amides is 1. The molecule has 0 saturated heterocycles. The molecule has 0 bridgehead atoms. The first-order valence-electron chi connectivity index (χ1n) is 7.36. The minimum absolute atomic E-state index is 0.0364. The average molecular weight is 342 g/mol. The zero-order valence-corrected chi connectivity index (χ0v) is 13.1. The summed E-state index contributed by atoms with van der Waals surface area (Å²) in [6.07, 6.45) is 0.793. The van der Waals surface area contributed by atoms with E-state index in [-0.39, 0.29) is 23.9 Å². The predicted octanol–water partition coefficient (Wildman–Crippen LogP) is 3.02. The normalized spacial score (nSPS) is 10.4. The van der Waals surface area contributed by atoms with Crippen molar-refractivity contribution in [2.75, 3.05) is 11.9 Å². The Morgan fingerprint density at radius 1 is 1.32 bits per heavy atom. The van der Waals surface area contributed by atoms with Crippen molar-refractivity contribution < 1.29 is 24.2 Å². The molecule has 0 saturated carbocycles. The number of H-pyrrole nitrogens is 1. The highest BCUT2D eigenvalue weighted by atomic mass is 16.5. The summed E-state index contributed by atoms with van der Waals surface area (Å²) in [5.74, 6) is -0.402. The molecule has 0 aliphatic carbocycles. The van der Waals surface area contributed by atoms with Gasteiger partial charge in [0.15, 0.2) is 5.65 Å². The molecular weight excluding hydrogens is 328 g/mol. The van der Waals surface area contributed by atoms with Crippen LogP contribution in [0.2, 0.25) is 0 Å². The number of hydrogen-bond donors (Lipinski definition) is 3. The van der Waals surface area contributed by atoms with Gasteiger partial charge >= 0.3 is 12.1 Å². The van der Waals surface area contributed by atoms with Gasteiger partial charge in [-0.2, -0.15) is 0 Å². The van der Waals surface area contributed by atoms with E-state index in [1.165, 1.54) is 12.3 Å². The topological polar surface area (TPSA) is 126 Å². The second-order valence-corrected chi connectivity index (χ2v) is 4.87. The highest BCUT2D eigenvalue weighted by Crippen LogP contribution is 2.26. The second-order valence-electron chi connectivity index (χ2n) is 4.87. The Labute approximate surface area is 141 Å². The number of ether oxygens (including phenoxy) is 2. The number of fused-ring (bicyclic) bond motifs is 1. The Morgan fingerprint density at radius 3 is 2.88 bits per heavy atom. The van der Waals surface area contributed by atoms with E-state index in [0.717, 1.165) is 0 Å². The van der Waals surface area contributed by atoms with Gasteiger partial charge in [-0.05, 0) is 19.1 Å². The maximum atomic E-state index is 11.4. The number of aromatic nitrogens is 3. The van der Waals surface area contributed by atoms with Crippen LogP contribution < -0.4 is 10.1 Å². The van der Waals surface area contributed by atoms with Gasteiger partial charge < -0.3 is 19.6 Å². The Kier molecular flexibility index (Phi) is 4.46. The molecule has 128 valence electrons. The highest BCUT2D eigenvalue weighted by Gasteiger charge is 2.13. The summed E-state index contributed by atoms with van der Waals surface area (Å²) in [5.41, 5.74) is 0.914. The number of nitrogens with zero attached hydrogens (tertiary/aromatic N) is 2. The van der Waals surface area contributed by atoms with Crippen LogP contribution in [0.1, 0.15) is 17.3 Å². The molecule has 0 fully saturated rings. The second kappa shape index (κ2) is 6.87. The number of benzene rings is 1. The maximum absolute atomic E-state index is 11.4. The standard InChI is InChI=1S/C16H14N4O5/c1-2-24-16(23)20-15-18-11-7-9(8-17-13(11)19-15)25-12-6-4-3-5-10(12)14(21)22/h3-8H,2H2,1H3,(H,21,22)(H2,17,18,19,20,23). The van der Waals surface area contributed by atoms with E-state index in [9.17, 15) is 14.7 Å². The molecule has 2 heterocycles. The van der Waals surface area contributed by atoms with E-state index in [0.29, 0.717) is 16.9 Å². The Hall–Kier alpha value is -3.62. The number of para-hydroxylation sites is 1. The molecule has 2 aromatic heterocycles. The van der Waals surface area contributed by atoms with Crippen LogP contribution in [-0.4, -0.2) is 38.7 Å². The largest absolute Gasteiger partial charge is 0.478 e. The van der Waals surface area contributed by atoms with Gasteiger partial charge in [-0.1, -0.05) is 12.1 Å². The van der Waals surface area contributed by atoms with E-state index >= 15 is 0 Å². The summed E-state index contributed by atoms with van der Waals surface area (Å²) < 4.78 is 10.4. The first-order valence-corrected chi connectivity index (χ1v) is 7.36.